The molecule has 0 saturated carbocycles. The molecule has 6 heteroatoms. The maximum Gasteiger partial charge on any atom is 0.241 e. The summed E-state index contributed by atoms with van der Waals surface area (Å²) in [4.78, 5) is 15.8. The smallest absolute Gasteiger partial charge is 0.241 e. The number of rotatable bonds is 10. The van der Waals surface area contributed by atoms with Crippen molar-refractivity contribution in [1.82, 2.24) is 19.5 Å². The van der Waals surface area contributed by atoms with Gasteiger partial charge in [0.15, 0.2) is 19.7 Å². The summed E-state index contributed by atoms with van der Waals surface area (Å²) in [5.74, 6) is 1.83. The van der Waals surface area contributed by atoms with Crippen molar-refractivity contribution < 1.29 is 0 Å². The SMILES string of the molecule is c1ccc(B(c2ccccc2)c2ccc([Si](c3ccccc3)(c3ccccc3)c3cccc(-c4nc(-c5ccccc5)nc(-n5c6ccccc6c6ccccc65)n4)c3)cc2)cc1. The lowest BCUT2D eigenvalue weighted by molar-refractivity contribution is 0.953. The molecule has 0 amide bonds. The van der Waals surface area contributed by atoms with E-state index in [-0.39, 0.29) is 6.71 Å². The summed E-state index contributed by atoms with van der Waals surface area (Å²) in [6.07, 6.45) is 0. The van der Waals surface area contributed by atoms with Crippen molar-refractivity contribution in [1.29, 1.82) is 0 Å². The highest BCUT2D eigenvalue weighted by Gasteiger charge is 2.42. The lowest BCUT2D eigenvalue weighted by Crippen LogP contribution is -2.74. The molecule has 4 nitrogen and oxygen atoms in total. The number of para-hydroxylation sites is 2. The first-order valence-corrected chi connectivity index (χ1v) is 23.5. The van der Waals surface area contributed by atoms with Crippen LogP contribution in [0.3, 0.4) is 0 Å². The van der Waals surface area contributed by atoms with E-state index < -0.39 is 8.07 Å². The van der Waals surface area contributed by atoms with E-state index in [0.717, 1.165) is 32.9 Å². The average Bonchev–Trinajstić information content (AvgIpc) is 3.71. The van der Waals surface area contributed by atoms with Gasteiger partial charge in [-0.25, -0.2) is 4.98 Å². The summed E-state index contributed by atoms with van der Waals surface area (Å²) in [6, 6.07) is 89.5. The highest BCUT2D eigenvalue weighted by atomic mass is 28.3. The lowest BCUT2D eigenvalue weighted by Gasteiger charge is -2.35. The van der Waals surface area contributed by atoms with Gasteiger partial charge in [0.2, 0.25) is 12.7 Å². The Bertz CT molecular complexity index is 3190. The molecule has 0 N–H and O–H groups in total. The fourth-order valence-corrected chi connectivity index (χ4v) is 14.3. The van der Waals surface area contributed by atoms with Crippen LogP contribution in [0.5, 0.6) is 0 Å². The molecule has 0 saturated heterocycles. The Morgan fingerprint density at radius 2 is 0.714 bits per heavy atom. The summed E-state index contributed by atoms with van der Waals surface area (Å²) in [6.45, 7) is 0.0978. The van der Waals surface area contributed by atoms with E-state index in [1.54, 1.807) is 0 Å². The molecule has 0 bridgehead atoms. The van der Waals surface area contributed by atoms with Crippen LogP contribution in [-0.4, -0.2) is 34.3 Å². The van der Waals surface area contributed by atoms with E-state index in [9.17, 15) is 0 Å². The Kier molecular flexibility index (Phi) is 9.96. The van der Waals surface area contributed by atoms with E-state index in [2.05, 4.69) is 235 Å². The van der Waals surface area contributed by atoms with Crippen LogP contribution in [0, 0.1) is 0 Å². The Morgan fingerprint density at radius 1 is 0.317 bits per heavy atom. The molecule has 0 aliphatic rings. The van der Waals surface area contributed by atoms with Crippen LogP contribution in [0.25, 0.3) is 50.5 Å². The Morgan fingerprint density at radius 3 is 1.25 bits per heavy atom. The van der Waals surface area contributed by atoms with Gasteiger partial charge in [-0.2, -0.15) is 9.97 Å². The zero-order valence-corrected chi connectivity index (χ0v) is 35.5. The topological polar surface area (TPSA) is 43.6 Å². The van der Waals surface area contributed by atoms with Gasteiger partial charge in [-0.3, -0.25) is 4.57 Å². The summed E-state index contributed by atoms with van der Waals surface area (Å²) < 4.78 is 2.18. The molecule has 63 heavy (non-hydrogen) atoms. The monoisotopic (exact) mass is 820 g/mol. The van der Waals surface area contributed by atoms with E-state index in [4.69, 9.17) is 15.0 Å². The van der Waals surface area contributed by atoms with Gasteiger partial charge in [0.1, 0.15) is 0 Å². The largest absolute Gasteiger partial charge is 0.278 e. The highest BCUT2D eigenvalue weighted by Crippen LogP contribution is 2.32. The van der Waals surface area contributed by atoms with Gasteiger partial charge in [0.05, 0.1) is 11.0 Å². The zero-order chi connectivity index (χ0) is 42.0. The zero-order valence-electron chi connectivity index (χ0n) is 34.5. The van der Waals surface area contributed by atoms with Gasteiger partial charge >= 0.3 is 0 Å². The molecule has 0 spiro atoms. The predicted molar refractivity (Wildman–Crippen MR) is 266 cm³/mol. The van der Waals surface area contributed by atoms with Gasteiger partial charge in [0, 0.05) is 21.9 Å². The molecule has 0 aliphatic carbocycles. The fourth-order valence-electron chi connectivity index (χ4n) is 9.51. The molecule has 0 atom stereocenters. The number of aromatic nitrogens is 4. The number of hydrogen-bond donors (Lipinski definition) is 0. The Balaban J connectivity index is 1.13. The predicted octanol–water partition coefficient (Wildman–Crippen LogP) is 8.20. The maximum absolute atomic E-state index is 5.36. The minimum Gasteiger partial charge on any atom is -0.278 e. The van der Waals surface area contributed by atoms with Crippen LogP contribution >= 0.6 is 0 Å². The van der Waals surface area contributed by atoms with Crippen molar-refractivity contribution >= 4 is 73.7 Å². The van der Waals surface area contributed by atoms with E-state index in [1.165, 1.54) is 37.1 Å². The number of fused-ring (bicyclic) bond motifs is 3. The van der Waals surface area contributed by atoms with Crippen molar-refractivity contribution in [2.45, 2.75) is 0 Å². The van der Waals surface area contributed by atoms with Gasteiger partial charge in [-0.05, 0) is 32.9 Å². The molecule has 0 unspecified atom stereocenters. The third kappa shape index (κ3) is 6.87. The molecule has 2 aromatic heterocycles. The van der Waals surface area contributed by atoms with Crippen molar-refractivity contribution in [2.24, 2.45) is 0 Å². The quantitative estimate of drug-likeness (QED) is 0.103. The third-order valence-corrected chi connectivity index (χ3v) is 17.1. The Hall–Kier alpha value is -7.93. The van der Waals surface area contributed by atoms with Crippen molar-refractivity contribution in [2.75, 3.05) is 0 Å². The van der Waals surface area contributed by atoms with Crippen molar-refractivity contribution in [3.8, 4) is 28.7 Å². The molecule has 2 heterocycles. The minimum absolute atomic E-state index is 0.0978. The Labute approximate surface area is 369 Å². The van der Waals surface area contributed by atoms with Crippen LogP contribution in [0.2, 0.25) is 0 Å². The van der Waals surface area contributed by atoms with Gasteiger partial charge in [-0.15, -0.1) is 0 Å². The number of benzene rings is 9. The standard InChI is InChI=1S/C57H41BN4Si/c1-6-21-42(22-7-1)55-59-56(61-57(60-55)62-53-35-18-16-33-51(53)52-34-17-19-36-54(52)62)43-23-20-32-50(41-43)63(47-28-12-4-13-29-47,48-30-14-5-15-31-48)49-39-37-46(38-40-49)58(44-24-8-2-9-25-44)45-26-10-3-11-27-45/h1-41H. The highest BCUT2D eigenvalue weighted by molar-refractivity contribution is 7.20. The maximum atomic E-state index is 5.36. The first kappa shape index (κ1) is 38.0. The van der Waals surface area contributed by atoms with Gasteiger partial charge in [-0.1, -0.05) is 253 Å². The molecule has 296 valence electrons. The third-order valence-electron chi connectivity index (χ3n) is 12.3. The lowest BCUT2D eigenvalue weighted by atomic mass is 9.37. The molecule has 9 aromatic carbocycles. The van der Waals surface area contributed by atoms with Crippen LogP contribution < -0.4 is 37.1 Å². The second kappa shape index (κ2) is 16.5. The molecule has 0 radical (unpaired) electrons. The number of hydrogen-bond acceptors (Lipinski definition) is 3. The van der Waals surface area contributed by atoms with Crippen LogP contribution in [0.4, 0.5) is 0 Å². The molecule has 11 aromatic rings. The first-order chi connectivity index (χ1) is 31.3. The van der Waals surface area contributed by atoms with Gasteiger partial charge < -0.3 is 0 Å². The van der Waals surface area contributed by atoms with E-state index >= 15 is 0 Å². The van der Waals surface area contributed by atoms with Crippen molar-refractivity contribution in [3.05, 3.63) is 249 Å². The molecule has 11 rings (SSSR count). The van der Waals surface area contributed by atoms with E-state index in [1.807, 2.05) is 18.2 Å². The van der Waals surface area contributed by atoms with Crippen LogP contribution in [0.15, 0.2) is 249 Å². The minimum atomic E-state index is -2.97. The van der Waals surface area contributed by atoms with Crippen molar-refractivity contribution in [3.63, 3.8) is 0 Å². The summed E-state index contributed by atoms with van der Waals surface area (Å²) in [5, 5.41) is 7.46. The van der Waals surface area contributed by atoms with Gasteiger partial charge in [0.25, 0.3) is 0 Å². The molecular formula is C57H41BN4Si. The number of nitrogens with zero attached hydrogens (tertiary/aromatic N) is 4. The average molecular weight is 821 g/mol. The molecule has 0 aliphatic heterocycles. The second-order valence-corrected chi connectivity index (χ2v) is 19.8. The fraction of sp³-hybridized carbons (Fsp3) is 0. The molecular weight excluding hydrogens is 780 g/mol. The van der Waals surface area contributed by atoms with Crippen LogP contribution in [0.1, 0.15) is 0 Å². The van der Waals surface area contributed by atoms with E-state index in [0.29, 0.717) is 17.6 Å². The van der Waals surface area contributed by atoms with Crippen LogP contribution in [-0.2, 0) is 0 Å². The summed E-state index contributed by atoms with van der Waals surface area (Å²) >= 11 is 0. The molecule has 0 fully saturated rings. The second-order valence-electron chi connectivity index (χ2n) is 16.0. The first-order valence-electron chi connectivity index (χ1n) is 21.5. The summed E-state index contributed by atoms with van der Waals surface area (Å²) in [7, 11) is -2.97. The normalized spacial score (nSPS) is 11.5. The summed E-state index contributed by atoms with van der Waals surface area (Å²) in [5.41, 5.74) is 7.76.